The maximum Gasteiger partial charge on any atom is 0.0991 e. The molecule has 0 fully saturated rings. The summed E-state index contributed by atoms with van der Waals surface area (Å²) >= 11 is 0. The molecule has 4 nitrogen and oxygen atoms in total. The van der Waals surface area contributed by atoms with Crippen molar-refractivity contribution in [2.75, 3.05) is 19.6 Å². The lowest BCUT2D eigenvalue weighted by atomic mass is 10.1. The second kappa shape index (κ2) is 6.14. The number of benzene rings is 1. The van der Waals surface area contributed by atoms with Crippen LogP contribution >= 0.6 is 0 Å². The maximum atomic E-state index is 9.72. The van der Waals surface area contributed by atoms with Gasteiger partial charge in [-0.2, -0.15) is 5.26 Å². The predicted molar refractivity (Wildman–Crippen MR) is 58.0 cm³/mol. The van der Waals surface area contributed by atoms with Gasteiger partial charge in [0.1, 0.15) is 0 Å². The number of nitrogens with one attached hydrogen (secondary N) is 1. The highest BCUT2D eigenvalue weighted by Gasteiger charge is 2.05. The zero-order chi connectivity index (χ0) is 11.1. The third-order valence-corrected chi connectivity index (χ3v) is 2.08. The van der Waals surface area contributed by atoms with E-state index in [1.807, 2.05) is 6.07 Å². The first-order chi connectivity index (χ1) is 7.27. The zero-order valence-corrected chi connectivity index (χ0v) is 8.48. The summed E-state index contributed by atoms with van der Waals surface area (Å²) < 4.78 is 0. The third-order valence-electron chi connectivity index (χ3n) is 2.08. The number of aliphatic hydroxyl groups excluding tert-OH is 1. The summed E-state index contributed by atoms with van der Waals surface area (Å²) in [6.07, 6.45) is -0.552. The first kappa shape index (κ1) is 11.7. The lowest BCUT2D eigenvalue weighted by Crippen LogP contribution is -2.27. The van der Waals surface area contributed by atoms with Crippen LogP contribution in [0, 0.1) is 11.3 Å². The molecule has 0 aromatic heterocycles. The largest absolute Gasteiger partial charge is 0.387 e. The van der Waals surface area contributed by atoms with E-state index in [1.165, 1.54) is 0 Å². The Balaban J connectivity index is 2.51. The molecular weight excluding hydrogens is 190 g/mol. The number of hydrogen-bond acceptors (Lipinski definition) is 4. The summed E-state index contributed by atoms with van der Waals surface area (Å²) in [6.45, 7) is 1.72. The molecule has 1 aromatic rings. The van der Waals surface area contributed by atoms with Crippen molar-refractivity contribution in [3.8, 4) is 6.07 Å². The van der Waals surface area contributed by atoms with E-state index in [0.29, 0.717) is 25.2 Å². The fourth-order valence-electron chi connectivity index (χ4n) is 1.24. The van der Waals surface area contributed by atoms with Crippen molar-refractivity contribution in [3.63, 3.8) is 0 Å². The predicted octanol–water partition coefficient (Wildman–Crippen LogP) is 0.140. The van der Waals surface area contributed by atoms with E-state index in [9.17, 15) is 5.11 Å². The van der Waals surface area contributed by atoms with E-state index in [4.69, 9.17) is 11.0 Å². The third kappa shape index (κ3) is 3.68. The van der Waals surface area contributed by atoms with E-state index in [-0.39, 0.29) is 0 Å². The van der Waals surface area contributed by atoms with Crippen molar-refractivity contribution in [2.45, 2.75) is 6.10 Å². The molecule has 0 aliphatic carbocycles. The summed E-state index contributed by atoms with van der Waals surface area (Å²) in [6, 6.07) is 8.94. The van der Waals surface area contributed by atoms with Crippen molar-refractivity contribution >= 4 is 0 Å². The molecular formula is C11H15N3O. The SMILES string of the molecule is N#Cc1ccc(C(O)CNCCN)cc1. The summed E-state index contributed by atoms with van der Waals surface area (Å²) in [4.78, 5) is 0. The van der Waals surface area contributed by atoms with E-state index in [0.717, 1.165) is 5.56 Å². The minimum absolute atomic E-state index is 0.475. The van der Waals surface area contributed by atoms with Crippen molar-refractivity contribution in [1.29, 1.82) is 5.26 Å². The number of nitriles is 1. The molecule has 80 valence electrons. The number of nitrogens with zero attached hydrogens (tertiary/aromatic N) is 1. The quantitative estimate of drug-likeness (QED) is 0.597. The fourth-order valence-corrected chi connectivity index (χ4v) is 1.24. The minimum Gasteiger partial charge on any atom is -0.387 e. The Kier molecular flexibility index (Phi) is 4.78. The molecule has 1 aromatic carbocycles. The lowest BCUT2D eigenvalue weighted by molar-refractivity contribution is 0.175. The molecule has 0 saturated carbocycles. The zero-order valence-electron chi connectivity index (χ0n) is 8.48. The Morgan fingerprint density at radius 2 is 2.07 bits per heavy atom. The van der Waals surface area contributed by atoms with Crippen LogP contribution in [0.5, 0.6) is 0 Å². The molecule has 0 aliphatic heterocycles. The van der Waals surface area contributed by atoms with Gasteiger partial charge in [0.15, 0.2) is 0 Å². The van der Waals surface area contributed by atoms with Gasteiger partial charge >= 0.3 is 0 Å². The van der Waals surface area contributed by atoms with Gasteiger partial charge in [0, 0.05) is 19.6 Å². The normalized spacial score (nSPS) is 12.1. The van der Waals surface area contributed by atoms with Gasteiger partial charge < -0.3 is 16.2 Å². The average Bonchev–Trinajstić information content (AvgIpc) is 2.29. The number of rotatable bonds is 5. The highest BCUT2D eigenvalue weighted by Crippen LogP contribution is 2.12. The Morgan fingerprint density at radius 3 is 2.60 bits per heavy atom. The van der Waals surface area contributed by atoms with Crippen molar-refractivity contribution < 1.29 is 5.11 Å². The van der Waals surface area contributed by atoms with Crippen LogP contribution in [0.15, 0.2) is 24.3 Å². The summed E-state index contributed by atoms with van der Waals surface area (Å²) in [5.74, 6) is 0. The summed E-state index contributed by atoms with van der Waals surface area (Å²) in [5, 5.41) is 21.3. The second-order valence-electron chi connectivity index (χ2n) is 3.24. The minimum atomic E-state index is -0.552. The van der Waals surface area contributed by atoms with Crippen LogP contribution in [0.3, 0.4) is 0 Å². The molecule has 0 radical (unpaired) electrons. The van der Waals surface area contributed by atoms with Crippen LogP contribution in [0.1, 0.15) is 17.2 Å². The van der Waals surface area contributed by atoms with Crippen LogP contribution in [0.4, 0.5) is 0 Å². The Labute approximate surface area is 89.3 Å². The van der Waals surface area contributed by atoms with E-state index >= 15 is 0 Å². The molecule has 0 bridgehead atoms. The van der Waals surface area contributed by atoms with Crippen LogP contribution < -0.4 is 11.1 Å². The topological polar surface area (TPSA) is 82.1 Å². The first-order valence-corrected chi connectivity index (χ1v) is 4.87. The van der Waals surface area contributed by atoms with Gasteiger partial charge in [0.2, 0.25) is 0 Å². The van der Waals surface area contributed by atoms with Gasteiger partial charge in [-0.25, -0.2) is 0 Å². The molecule has 4 N–H and O–H groups in total. The molecule has 0 spiro atoms. The smallest absolute Gasteiger partial charge is 0.0991 e. The molecule has 15 heavy (non-hydrogen) atoms. The van der Waals surface area contributed by atoms with Gasteiger partial charge in [-0.05, 0) is 17.7 Å². The number of aliphatic hydroxyl groups is 1. The second-order valence-corrected chi connectivity index (χ2v) is 3.24. The van der Waals surface area contributed by atoms with E-state index in [1.54, 1.807) is 24.3 Å². The number of hydrogen-bond donors (Lipinski definition) is 3. The molecule has 0 aliphatic rings. The van der Waals surface area contributed by atoms with Gasteiger partial charge in [0.05, 0.1) is 17.7 Å². The van der Waals surface area contributed by atoms with Crippen molar-refractivity contribution in [3.05, 3.63) is 35.4 Å². The Morgan fingerprint density at radius 1 is 1.40 bits per heavy atom. The standard InChI is InChI=1S/C11H15N3O/c12-5-6-14-8-11(15)10-3-1-9(7-13)2-4-10/h1-4,11,14-15H,5-6,8,12H2. The summed E-state index contributed by atoms with van der Waals surface area (Å²) in [5.41, 5.74) is 6.71. The van der Waals surface area contributed by atoms with Crippen LogP contribution in [0.2, 0.25) is 0 Å². The Bertz CT molecular complexity index is 329. The van der Waals surface area contributed by atoms with Gasteiger partial charge in [-0.3, -0.25) is 0 Å². The average molecular weight is 205 g/mol. The van der Waals surface area contributed by atoms with Crippen molar-refractivity contribution in [1.82, 2.24) is 5.32 Å². The molecule has 0 saturated heterocycles. The highest BCUT2D eigenvalue weighted by molar-refractivity contribution is 5.32. The first-order valence-electron chi connectivity index (χ1n) is 4.87. The molecule has 1 unspecified atom stereocenters. The van der Waals surface area contributed by atoms with Gasteiger partial charge in [-0.1, -0.05) is 12.1 Å². The molecule has 0 heterocycles. The molecule has 4 heteroatoms. The van der Waals surface area contributed by atoms with Crippen LogP contribution in [-0.2, 0) is 0 Å². The molecule has 1 rings (SSSR count). The van der Waals surface area contributed by atoms with Crippen LogP contribution in [0.25, 0.3) is 0 Å². The number of nitrogens with two attached hydrogens (primary N) is 1. The highest BCUT2D eigenvalue weighted by atomic mass is 16.3. The van der Waals surface area contributed by atoms with Gasteiger partial charge in [0.25, 0.3) is 0 Å². The lowest BCUT2D eigenvalue weighted by Gasteiger charge is -2.11. The monoisotopic (exact) mass is 205 g/mol. The Hall–Kier alpha value is -1.41. The maximum absolute atomic E-state index is 9.72. The van der Waals surface area contributed by atoms with E-state index < -0.39 is 6.10 Å². The van der Waals surface area contributed by atoms with E-state index in [2.05, 4.69) is 5.32 Å². The van der Waals surface area contributed by atoms with Crippen molar-refractivity contribution in [2.24, 2.45) is 5.73 Å². The molecule has 0 amide bonds. The summed E-state index contributed by atoms with van der Waals surface area (Å²) in [7, 11) is 0. The van der Waals surface area contributed by atoms with Crippen LogP contribution in [-0.4, -0.2) is 24.7 Å². The molecule has 1 atom stereocenters. The fraction of sp³-hybridized carbons (Fsp3) is 0.364. The van der Waals surface area contributed by atoms with Gasteiger partial charge in [-0.15, -0.1) is 0 Å².